The Morgan fingerprint density at radius 1 is 0.632 bits per heavy atom. The largest absolute Gasteiger partial charge is 3.00 e. The Kier molecular flexibility index (Phi) is 38.6. The van der Waals surface area contributed by atoms with E-state index in [1.807, 2.05) is 6.92 Å². The molecule has 0 aliphatic rings. The number of aliphatic hydroxyl groups is 5. The Morgan fingerprint density at radius 2 is 0.974 bits per heavy atom. The summed E-state index contributed by atoms with van der Waals surface area (Å²) in [6.45, 7) is 1.78. The second kappa shape index (κ2) is 33.6. The van der Waals surface area contributed by atoms with Crippen LogP contribution < -0.4 is 15.3 Å². The van der Waals surface area contributed by atoms with Crippen molar-refractivity contribution in [1.82, 2.24) is 0 Å². The van der Waals surface area contributed by atoms with Gasteiger partial charge in [0.05, 0.1) is 77.8 Å². The second-order valence-corrected chi connectivity index (χ2v) is 7.17. The normalized spacial score (nSPS) is 12.5. The molecule has 15 nitrogen and oxygen atoms in total. The van der Waals surface area contributed by atoms with Gasteiger partial charge in [0.1, 0.15) is 0 Å². The fourth-order valence-corrected chi connectivity index (χ4v) is 2.20. The minimum absolute atomic E-state index is 0. The number of carboxylic acid groups (broad SMARTS) is 3. The molecule has 0 aliphatic carbocycles. The van der Waals surface area contributed by atoms with E-state index in [9.17, 15) is 29.7 Å². The maximum atomic E-state index is 10.4. The summed E-state index contributed by atoms with van der Waals surface area (Å²) in [5.41, 5.74) is 0. The molecule has 3 unspecified atom stereocenters. The molecule has 0 aromatic heterocycles. The monoisotopic (exact) mass is 601 g/mol. The van der Waals surface area contributed by atoms with Crippen LogP contribution in [0.4, 0.5) is 0 Å². The molecule has 0 heterocycles. The molecule has 0 bridgehead atoms. The van der Waals surface area contributed by atoms with Crippen molar-refractivity contribution < 1.29 is 91.3 Å². The number of aliphatic carboxylic acids is 3. The smallest absolute Gasteiger partial charge is 0.550 e. The van der Waals surface area contributed by atoms with Crippen molar-refractivity contribution in [2.75, 3.05) is 66.1 Å². The molecule has 0 spiro atoms. The standard InChI is InChI=1S/C10H20O5.2C6H12O5.Fe/c1-2-3-5-14-8-9(7-10(12)13)15-6-4-11;2*7-1-2-11-5(4-8)3-6(9)10;/h9,11H,2-8H2,1H3,(H,12,13);2*5,7-8H,1-4H2,(H,9,10);/q;;;+3/p-3. The van der Waals surface area contributed by atoms with Crippen molar-refractivity contribution in [2.45, 2.75) is 57.3 Å². The van der Waals surface area contributed by atoms with Crippen LogP contribution in [0.3, 0.4) is 0 Å². The number of carbonyl (C=O) groups is 3. The van der Waals surface area contributed by atoms with E-state index in [1.165, 1.54) is 0 Å². The molecule has 16 heteroatoms. The molecule has 1 radical (unpaired) electrons. The fraction of sp³-hybridized carbons (Fsp3) is 0.864. The third kappa shape index (κ3) is 36.7. The molecule has 0 fully saturated rings. The van der Waals surface area contributed by atoms with Gasteiger partial charge in [-0.05, 0) is 6.42 Å². The van der Waals surface area contributed by atoms with Gasteiger partial charge in [0, 0.05) is 43.8 Å². The fourth-order valence-electron chi connectivity index (χ4n) is 2.20. The minimum Gasteiger partial charge on any atom is -0.550 e. The van der Waals surface area contributed by atoms with Crippen LogP contribution >= 0.6 is 0 Å². The molecule has 227 valence electrons. The van der Waals surface area contributed by atoms with Crippen LogP contribution in [0.1, 0.15) is 39.0 Å². The van der Waals surface area contributed by atoms with Crippen LogP contribution in [0.25, 0.3) is 0 Å². The SMILES string of the molecule is CCCCOCC(CC(=O)[O-])OCCO.O=C([O-])CC(CO)OCCO.O=C([O-])CC(CO)OCCO.[Fe+3]. The number of carboxylic acids is 3. The van der Waals surface area contributed by atoms with Gasteiger partial charge in [-0.2, -0.15) is 0 Å². The number of hydrogen-bond acceptors (Lipinski definition) is 15. The van der Waals surface area contributed by atoms with E-state index >= 15 is 0 Å². The zero-order chi connectivity index (χ0) is 28.9. The molecule has 0 amide bonds. The molecule has 3 atom stereocenters. The van der Waals surface area contributed by atoms with E-state index in [2.05, 4.69) is 0 Å². The van der Waals surface area contributed by atoms with Crippen LogP contribution in [-0.4, -0.2) is 128 Å². The zero-order valence-corrected chi connectivity index (χ0v) is 22.6. The van der Waals surface area contributed by atoms with Gasteiger partial charge < -0.3 is 74.2 Å². The molecule has 0 rings (SSSR count). The van der Waals surface area contributed by atoms with Gasteiger partial charge in [-0.25, -0.2) is 0 Å². The average molecular weight is 601 g/mol. The van der Waals surface area contributed by atoms with Crippen molar-refractivity contribution in [1.29, 1.82) is 0 Å². The van der Waals surface area contributed by atoms with Crippen LogP contribution in [0.5, 0.6) is 0 Å². The molecule has 5 N–H and O–H groups in total. The average Bonchev–Trinajstić information content (AvgIpc) is 2.85. The Balaban J connectivity index is -0.000000229. The van der Waals surface area contributed by atoms with Gasteiger partial charge in [0.25, 0.3) is 0 Å². The van der Waals surface area contributed by atoms with Gasteiger partial charge in [-0.15, -0.1) is 0 Å². The molecule has 38 heavy (non-hydrogen) atoms. The first-order valence-corrected chi connectivity index (χ1v) is 11.7. The summed E-state index contributed by atoms with van der Waals surface area (Å²) >= 11 is 0. The van der Waals surface area contributed by atoms with E-state index in [-0.39, 0.29) is 95.8 Å². The van der Waals surface area contributed by atoms with Gasteiger partial charge in [0.2, 0.25) is 0 Å². The number of carbonyl (C=O) groups excluding carboxylic acids is 3. The molecular formula is C22H41FeO15. The molecule has 0 aromatic rings. The van der Waals surface area contributed by atoms with E-state index in [0.717, 1.165) is 12.8 Å². The predicted molar refractivity (Wildman–Crippen MR) is 119 cm³/mol. The Morgan fingerprint density at radius 3 is 1.26 bits per heavy atom. The number of unbranched alkanes of at least 4 members (excludes halogenated alkanes) is 1. The molecular weight excluding hydrogens is 560 g/mol. The summed E-state index contributed by atoms with van der Waals surface area (Å²) in [4.78, 5) is 30.3. The van der Waals surface area contributed by atoms with Crippen molar-refractivity contribution in [2.24, 2.45) is 0 Å². The number of hydrogen-bond donors (Lipinski definition) is 5. The topological polar surface area (TPSA) is 258 Å². The molecule has 0 aliphatic heterocycles. The van der Waals surface area contributed by atoms with E-state index in [0.29, 0.717) is 6.61 Å². The first kappa shape index (κ1) is 43.6. The summed E-state index contributed by atoms with van der Waals surface area (Å²) in [6, 6.07) is 0. The number of rotatable bonds is 22. The van der Waals surface area contributed by atoms with Crippen LogP contribution in [0.2, 0.25) is 0 Å². The van der Waals surface area contributed by atoms with E-state index in [4.69, 9.17) is 44.5 Å². The van der Waals surface area contributed by atoms with Crippen LogP contribution in [0, 0.1) is 0 Å². The van der Waals surface area contributed by atoms with Gasteiger partial charge in [0.15, 0.2) is 0 Å². The quantitative estimate of drug-likeness (QED) is 0.0572. The number of ether oxygens (including phenoxy) is 4. The van der Waals surface area contributed by atoms with E-state index in [1.54, 1.807) is 0 Å². The first-order chi connectivity index (χ1) is 17.6. The van der Waals surface area contributed by atoms with Crippen molar-refractivity contribution in [3.63, 3.8) is 0 Å². The van der Waals surface area contributed by atoms with Gasteiger partial charge >= 0.3 is 17.1 Å². The molecule has 0 aromatic carbocycles. The van der Waals surface area contributed by atoms with Crippen molar-refractivity contribution >= 4 is 17.9 Å². The maximum Gasteiger partial charge on any atom is 3.00 e. The molecule has 0 saturated carbocycles. The summed E-state index contributed by atoms with van der Waals surface area (Å²) in [6.07, 6.45) is -1.00. The maximum absolute atomic E-state index is 10.4. The van der Waals surface area contributed by atoms with Crippen LogP contribution in [0.15, 0.2) is 0 Å². The predicted octanol–water partition coefficient (Wildman–Crippen LogP) is -5.69. The summed E-state index contributed by atoms with van der Waals surface area (Å²) in [5, 5.41) is 72.4. The van der Waals surface area contributed by atoms with Gasteiger partial charge in [-0.3, -0.25) is 0 Å². The Hall–Kier alpha value is -1.43. The zero-order valence-electron chi connectivity index (χ0n) is 21.5. The summed E-state index contributed by atoms with van der Waals surface area (Å²) in [5.74, 6) is -3.72. The van der Waals surface area contributed by atoms with Crippen molar-refractivity contribution in [3.8, 4) is 0 Å². The second-order valence-electron chi connectivity index (χ2n) is 7.17. The Labute approximate surface area is 232 Å². The summed E-state index contributed by atoms with van der Waals surface area (Å²) < 4.78 is 19.8. The van der Waals surface area contributed by atoms with E-state index < -0.39 is 36.2 Å². The van der Waals surface area contributed by atoms with Gasteiger partial charge in [-0.1, -0.05) is 13.3 Å². The molecule has 0 saturated heterocycles. The van der Waals surface area contributed by atoms with Crippen LogP contribution in [-0.2, 0) is 50.4 Å². The third-order valence-corrected chi connectivity index (χ3v) is 3.87. The minimum atomic E-state index is -1.28. The number of aliphatic hydroxyl groups excluding tert-OH is 5. The Bertz CT molecular complexity index is 511. The van der Waals surface area contributed by atoms with Crippen molar-refractivity contribution in [3.05, 3.63) is 0 Å². The summed E-state index contributed by atoms with van der Waals surface area (Å²) in [7, 11) is 0. The first-order valence-electron chi connectivity index (χ1n) is 11.7. The third-order valence-electron chi connectivity index (χ3n) is 3.87.